The molecule has 1 aromatic rings. The Kier molecular flexibility index (Phi) is 3.92. The van der Waals surface area contributed by atoms with Crippen molar-refractivity contribution in [2.75, 3.05) is 26.7 Å². The highest BCUT2D eigenvalue weighted by atomic mass is 15.1. The summed E-state index contributed by atoms with van der Waals surface area (Å²) in [4.78, 5) is 6.85. The van der Waals surface area contributed by atoms with E-state index < -0.39 is 0 Å². The van der Waals surface area contributed by atoms with E-state index in [1.165, 1.54) is 5.57 Å². The van der Waals surface area contributed by atoms with Gasteiger partial charge in [-0.25, -0.2) is 0 Å². The third kappa shape index (κ3) is 3.38. The Balaban J connectivity index is 1.91. The van der Waals surface area contributed by atoms with Gasteiger partial charge in [-0.1, -0.05) is 11.6 Å². The molecule has 0 radical (unpaired) electrons. The first-order chi connectivity index (χ1) is 8.15. The molecular weight excluding hydrogens is 210 g/mol. The van der Waals surface area contributed by atoms with Crippen LogP contribution in [-0.4, -0.2) is 36.6 Å². The first-order valence-corrected chi connectivity index (χ1v) is 6.14. The molecule has 1 aromatic heterocycles. The second kappa shape index (κ2) is 5.43. The Morgan fingerprint density at radius 3 is 2.76 bits per heavy atom. The van der Waals surface area contributed by atoms with Crippen molar-refractivity contribution in [3.8, 4) is 0 Å². The molecule has 0 spiro atoms. The molecule has 1 N–H and O–H groups in total. The number of nitrogens with zero attached hydrogens (tertiary/aromatic N) is 2. The standard InChI is InChI=1S/C14H21N3/c1-11(13-7-15-8-13)9-17(3)10-14-6-4-5-12(2)16-14/h4-6,15H,7-10H2,1-3H3. The molecule has 0 aliphatic carbocycles. The van der Waals surface area contributed by atoms with Gasteiger partial charge in [0.1, 0.15) is 0 Å². The largest absolute Gasteiger partial charge is 0.309 e. The van der Waals surface area contributed by atoms with Gasteiger partial charge in [0.05, 0.1) is 5.69 Å². The highest BCUT2D eigenvalue weighted by Crippen LogP contribution is 2.11. The quantitative estimate of drug-likeness (QED) is 0.800. The van der Waals surface area contributed by atoms with Crippen LogP contribution >= 0.6 is 0 Å². The monoisotopic (exact) mass is 231 g/mol. The maximum atomic E-state index is 4.53. The van der Waals surface area contributed by atoms with Crippen molar-refractivity contribution in [3.05, 3.63) is 40.7 Å². The molecule has 0 unspecified atom stereocenters. The topological polar surface area (TPSA) is 28.2 Å². The molecule has 0 amide bonds. The van der Waals surface area contributed by atoms with E-state index in [1.54, 1.807) is 5.57 Å². The maximum Gasteiger partial charge on any atom is 0.0547 e. The van der Waals surface area contributed by atoms with Gasteiger partial charge in [0.25, 0.3) is 0 Å². The summed E-state index contributed by atoms with van der Waals surface area (Å²) >= 11 is 0. The van der Waals surface area contributed by atoms with Crippen molar-refractivity contribution in [3.63, 3.8) is 0 Å². The van der Waals surface area contributed by atoms with Crippen molar-refractivity contribution >= 4 is 0 Å². The van der Waals surface area contributed by atoms with Crippen molar-refractivity contribution in [2.24, 2.45) is 0 Å². The third-order valence-electron chi connectivity index (χ3n) is 3.17. The van der Waals surface area contributed by atoms with Crippen LogP contribution in [0.3, 0.4) is 0 Å². The molecule has 0 bridgehead atoms. The van der Waals surface area contributed by atoms with E-state index in [1.807, 2.05) is 13.0 Å². The SMILES string of the molecule is CC(CN(C)Cc1cccc(C)n1)=C1CNC1. The van der Waals surface area contributed by atoms with Gasteiger partial charge in [0.15, 0.2) is 0 Å². The van der Waals surface area contributed by atoms with E-state index in [9.17, 15) is 0 Å². The number of aryl methyl sites for hydroxylation is 1. The molecule has 0 atom stereocenters. The second-order valence-corrected chi connectivity index (χ2v) is 4.93. The number of hydrogen-bond acceptors (Lipinski definition) is 3. The highest BCUT2D eigenvalue weighted by Gasteiger charge is 2.12. The molecule has 3 nitrogen and oxygen atoms in total. The van der Waals surface area contributed by atoms with Crippen LogP contribution in [0.5, 0.6) is 0 Å². The first kappa shape index (κ1) is 12.3. The summed E-state index contributed by atoms with van der Waals surface area (Å²) < 4.78 is 0. The zero-order valence-corrected chi connectivity index (χ0v) is 11.0. The van der Waals surface area contributed by atoms with Crippen LogP contribution in [-0.2, 0) is 6.54 Å². The van der Waals surface area contributed by atoms with E-state index in [0.717, 1.165) is 37.6 Å². The summed E-state index contributed by atoms with van der Waals surface area (Å²) in [5.74, 6) is 0. The number of hydrogen-bond donors (Lipinski definition) is 1. The molecule has 2 heterocycles. The highest BCUT2D eigenvalue weighted by molar-refractivity contribution is 5.22. The number of likely N-dealkylation sites (N-methyl/N-ethyl adjacent to an activating group) is 1. The Morgan fingerprint density at radius 2 is 2.18 bits per heavy atom. The minimum Gasteiger partial charge on any atom is -0.309 e. The Bertz CT molecular complexity index is 417. The summed E-state index contributed by atoms with van der Waals surface area (Å²) in [5.41, 5.74) is 5.30. The molecule has 17 heavy (non-hydrogen) atoms. The summed E-state index contributed by atoms with van der Waals surface area (Å²) in [6.45, 7) is 8.37. The summed E-state index contributed by atoms with van der Waals surface area (Å²) in [7, 11) is 2.15. The van der Waals surface area contributed by atoms with Gasteiger partial charge in [-0.2, -0.15) is 0 Å². The summed E-state index contributed by atoms with van der Waals surface area (Å²) in [5, 5.41) is 3.28. The van der Waals surface area contributed by atoms with Crippen LogP contribution in [0.2, 0.25) is 0 Å². The second-order valence-electron chi connectivity index (χ2n) is 4.93. The van der Waals surface area contributed by atoms with Gasteiger partial charge >= 0.3 is 0 Å². The summed E-state index contributed by atoms with van der Waals surface area (Å²) in [6, 6.07) is 6.21. The number of aromatic nitrogens is 1. The zero-order chi connectivity index (χ0) is 12.3. The zero-order valence-electron chi connectivity index (χ0n) is 11.0. The lowest BCUT2D eigenvalue weighted by Crippen LogP contribution is -2.36. The van der Waals surface area contributed by atoms with Crippen molar-refractivity contribution < 1.29 is 0 Å². The van der Waals surface area contributed by atoms with E-state index in [-0.39, 0.29) is 0 Å². The van der Waals surface area contributed by atoms with Crippen LogP contribution in [0.25, 0.3) is 0 Å². The van der Waals surface area contributed by atoms with Crippen molar-refractivity contribution in [1.29, 1.82) is 0 Å². The molecular formula is C14H21N3. The molecule has 3 heteroatoms. The fourth-order valence-corrected chi connectivity index (χ4v) is 2.09. The predicted molar refractivity (Wildman–Crippen MR) is 70.9 cm³/mol. The van der Waals surface area contributed by atoms with Crippen LogP contribution in [0.15, 0.2) is 29.3 Å². The van der Waals surface area contributed by atoms with Crippen LogP contribution in [0, 0.1) is 6.92 Å². The van der Waals surface area contributed by atoms with Crippen LogP contribution in [0.4, 0.5) is 0 Å². The smallest absolute Gasteiger partial charge is 0.0547 e. The van der Waals surface area contributed by atoms with Gasteiger partial charge in [0.2, 0.25) is 0 Å². The van der Waals surface area contributed by atoms with Gasteiger partial charge in [-0.15, -0.1) is 0 Å². The molecule has 2 rings (SSSR count). The van der Waals surface area contributed by atoms with Crippen LogP contribution < -0.4 is 5.32 Å². The van der Waals surface area contributed by atoms with Gasteiger partial charge in [-0.05, 0) is 38.6 Å². The van der Waals surface area contributed by atoms with Gasteiger partial charge < -0.3 is 5.32 Å². The minimum atomic E-state index is 0.916. The van der Waals surface area contributed by atoms with E-state index >= 15 is 0 Å². The minimum absolute atomic E-state index is 0.916. The molecule has 92 valence electrons. The predicted octanol–water partition coefficient (Wildman–Crippen LogP) is 1.74. The van der Waals surface area contributed by atoms with Crippen molar-refractivity contribution in [1.82, 2.24) is 15.2 Å². The van der Waals surface area contributed by atoms with Gasteiger partial charge in [-0.3, -0.25) is 9.88 Å². The average Bonchev–Trinajstić information content (AvgIpc) is 2.13. The number of rotatable bonds is 4. The van der Waals surface area contributed by atoms with E-state index in [4.69, 9.17) is 0 Å². The maximum absolute atomic E-state index is 4.53. The molecule has 1 saturated heterocycles. The van der Waals surface area contributed by atoms with Gasteiger partial charge in [0, 0.05) is 31.9 Å². The molecule has 1 aliphatic rings. The molecule has 0 saturated carbocycles. The normalized spacial score (nSPS) is 14.9. The lowest BCUT2D eigenvalue weighted by molar-refractivity contribution is 0.347. The fraction of sp³-hybridized carbons (Fsp3) is 0.500. The lowest BCUT2D eigenvalue weighted by Gasteiger charge is -2.25. The summed E-state index contributed by atoms with van der Waals surface area (Å²) in [6.07, 6.45) is 0. The van der Waals surface area contributed by atoms with E-state index in [2.05, 4.69) is 41.3 Å². The Morgan fingerprint density at radius 1 is 1.41 bits per heavy atom. The first-order valence-electron chi connectivity index (χ1n) is 6.14. The molecule has 1 aliphatic heterocycles. The van der Waals surface area contributed by atoms with E-state index in [0.29, 0.717) is 0 Å². The average molecular weight is 231 g/mol. The lowest BCUT2D eigenvalue weighted by atomic mass is 10.0. The molecule has 1 fully saturated rings. The van der Waals surface area contributed by atoms with Crippen LogP contribution in [0.1, 0.15) is 18.3 Å². The number of pyridine rings is 1. The Hall–Kier alpha value is -1.19. The van der Waals surface area contributed by atoms with Crippen molar-refractivity contribution in [2.45, 2.75) is 20.4 Å². The number of nitrogens with one attached hydrogen (secondary N) is 1. The molecule has 0 aromatic carbocycles. The Labute approximate surface area is 104 Å². The third-order valence-corrected chi connectivity index (χ3v) is 3.17. The fourth-order valence-electron chi connectivity index (χ4n) is 2.09.